The molecule has 94 valence electrons. The molecule has 1 aromatic carbocycles. The number of ketones is 1. The SMILES string of the molecule is CCS(=O)(=O)[C@](Br)(I)C(=O)c1cccc(Cl)c1. The van der Waals surface area contributed by atoms with E-state index in [9.17, 15) is 13.2 Å². The van der Waals surface area contributed by atoms with E-state index in [0.717, 1.165) is 0 Å². The standard InChI is InChI=1S/C10H9BrClIO3S/c1-2-17(15,16)10(11,13)9(14)7-4-3-5-8(12)6-7/h3-6H,2H2,1H3/t10-/m1/s1. The van der Waals surface area contributed by atoms with Crippen molar-refractivity contribution in [1.29, 1.82) is 0 Å². The summed E-state index contributed by atoms with van der Waals surface area (Å²) in [5.74, 6) is -0.643. The number of hydrogen-bond donors (Lipinski definition) is 0. The maximum atomic E-state index is 12.1. The fourth-order valence-corrected chi connectivity index (χ4v) is 4.23. The van der Waals surface area contributed by atoms with Crippen LogP contribution < -0.4 is 0 Å². The summed E-state index contributed by atoms with van der Waals surface area (Å²) in [6.45, 7) is 1.50. The van der Waals surface area contributed by atoms with Crippen LogP contribution in [0.3, 0.4) is 0 Å². The van der Waals surface area contributed by atoms with Crippen LogP contribution in [0, 0.1) is 0 Å². The smallest absolute Gasteiger partial charge is 0.239 e. The van der Waals surface area contributed by atoms with Crippen molar-refractivity contribution in [3.63, 3.8) is 0 Å². The van der Waals surface area contributed by atoms with Crippen LogP contribution in [-0.4, -0.2) is 21.6 Å². The fraction of sp³-hybridized carbons (Fsp3) is 0.300. The van der Waals surface area contributed by atoms with E-state index in [1.54, 1.807) is 34.7 Å². The molecule has 0 aliphatic carbocycles. The number of carbonyl (C=O) groups excluding carboxylic acids is 1. The summed E-state index contributed by atoms with van der Waals surface area (Å²) in [5, 5.41) is 0.393. The molecule has 0 N–H and O–H groups in total. The molecule has 0 saturated carbocycles. The fourth-order valence-electron chi connectivity index (χ4n) is 1.12. The predicted octanol–water partition coefficient (Wildman–Crippen LogP) is 3.44. The van der Waals surface area contributed by atoms with Gasteiger partial charge in [0, 0.05) is 10.6 Å². The van der Waals surface area contributed by atoms with Gasteiger partial charge in [0.05, 0.1) is 5.75 Å². The number of halogens is 3. The molecule has 3 nitrogen and oxygen atoms in total. The highest BCUT2D eigenvalue weighted by atomic mass is 127. The number of Topliss-reactive ketones (excluding diaryl/α,β-unsaturated/α-hetero) is 1. The number of sulfone groups is 1. The second-order valence-corrected chi connectivity index (χ2v) is 11.7. The van der Waals surface area contributed by atoms with Crippen molar-refractivity contribution >= 4 is 65.7 Å². The minimum absolute atomic E-state index is 0.118. The van der Waals surface area contributed by atoms with E-state index in [1.807, 2.05) is 0 Å². The Labute approximate surface area is 127 Å². The lowest BCUT2D eigenvalue weighted by Gasteiger charge is -2.18. The molecule has 0 radical (unpaired) electrons. The predicted molar refractivity (Wildman–Crippen MR) is 80.9 cm³/mol. The quantitative estimate of drug-likeness (QED) is 0.400. The maximum absolute atomic E-state index is 12.1. The molecule has 0 unspecified atom stereocenters. The zero-order valence-electron chi connectivity index (χ0n) is 8.78. The van der Waals surface area contributed by atoms with Gasteiger partial charge in [-0.15, -0.1) is 0 Å². The lowest BCUT2D eigenvalue weighted by Crippen LogP contribution is -2.35. The molecule has 0 heterocycles. The normalized spacial score (nSPS) is 15.3. The van der Waals surface area contributed by atoms with Crippen molar-refractivity contribution in [2.45, 2.75) is 8.59 Å². The topological polar surface area (TPSA) is 51.2 Å². The molecule has 0 aliphatic rings. The van der Waals surface area contributed by atoms with Gasteiger partial charge in [-0.2, -0.15) is 0 Å². The van der Waals surface area contributed by atoms with Crippen LogP contribution in [0.25, 0.3) is 0 Å². The highest BCUT2D eigenvalue weighted by Crippen LogP contribution is 2.37. The molecule has 1 rings (SSSR count). The molecule has 0 spiro atoms. The molecule has 0 fully saturated rings. The first-order chi connectivity index (χ1) is 7.72. The van der Waals surface area contributed by atoms with Gasteiger partial charge in [0.2, 0.25) is 7.45 Å². The van der Waals surface area contributed by atoms with Gasteiger partial charge < -0.3 is 0 Å². The third-order valence-corrected chi connectivity index (χ3v) is 8.43. The third kappa shape index (κ3) is 3.21. The van der Waals surface area contributed by atoms with Crippen molar-refractivity contribution < 1.29 is 13.2 Å². The van der Waals surface area contributed by atoms with E-state index in [1.165, 1.54) is 19.1 Å². The number of benzene rings is 1. The summed E-state index contributed by atoms with van der Waals surface area (Å²) in [6.07, 6.45) is 0. The lowest BCUT2D eigenvalue weighted by molar-refractivity contribution is 0.101. The average Bonchev–Trinajstić information content (AvgIpc) is 2.27. The van der Waals surface area contributed by atoms with Crippen LogP contribution >= 0.6 is 50.1 Å². The van der Waals surface area contributed by atoms with E-state index in [-0.39, 0.29) is 11.3 Å². The second kappa shape index (κ2) is 5.54. The Balaban J connectivity index is 3.23. The van der Waals surface area contributed by atoms with Crippen molar-refractivity contribution in [3.05, 3.63) is 34.9 Å². The first-order valence-electron chi connectivity index (χ1n) is 4.63. The van der Waals surface area contributed by atoms with Crippen LogP contribution in [0.1, 0.15) is 17.3 Å². The largest absolute Gasteiger partial charge is 0.290 e. The highest BCUT2D eigenvalue weighted by Gasteiger charge is 2.45. The summed E-state index contributed by atoms with van der Waals surface area (Å²) < 4.78 is 22.0. The van der Waals surface area contributed by atoms with Crippen molar-refractivity contribution in [3.8, 4) is 0 Å². The number of hydrogen-bond acceptors (Lipinski definition) is 3. The minimum Gasteiger partial charge on any atom is -0.290 e. The number of rotatable bonds is 4. The molecule has 0 saturated heterocycles. The molecule has 0 aliphatic heterocycles. The van der Waals surface area contributed by atoms with E-state index >= 15 is 0 Å². The summed E-state index contributed by atoms with van der Waals surface area (Å²) >= 11 is 10.4. The lowest BCUT2D eigenvalue weighted by atomic mass is 10.1. The average molecular weight is 452 g/mol. The molecule has 1 aromatic rings. The Hall–Kier alpha value is 0.340. The summed E-state index contributed by atoms with van der Waals surface area (Å²) in [5.41, 5.74) is 0.265. The molecular formula is C10H9BrClIO3S. The molecule has 17 heavy (non-hydrogen) atoms. The monoisotopic (exact) mass is 450 g/mol. The van der Waals surface area contributed by atoms with Gasteiger partial charge >= 0.3 is 0 Å². The van der Waals surface area contributed by atoms with E-state index in [4.69, 9.17) is 11.6 Å². The Morgan fingerprint density at radius 2 is 2.12 bits per heavy atom. The van der Waals surface area contributed by atoms with Gasteiger partial charge in [-0.3, -0.25) is 4.79 Å². The molecule has 7 heteroatoms. The first kappa shape index (κ1) is 15.4. The first-order valence-corrected chi connectivity index (χ1v) is 8.53. The van der Waals surface area contributed by atoms with Crippen molar-refractivity contribution in [1.82, 2.24) is 0 Å². The van der Waals surface area contributed by atoms with Crippen molar-refractivity contribution in [2.75, 3.05) is 5.75 Å². The van der Waals surface area contributed by atoms with Crippen LogP contribution in [0.15, 0.2) is 24.3 Å². The van der Waals surface area contributed by atoms with Gasteiger partial charge in [-0.05, 0) is 50.7 Å². The summed E-state index contributed by atoms with van der Waals surface area (Å²) in [6, 6.07) is 6.21. The Kier molecular flexibility index (Phi) is 5.02. The van der Waals surface area contributed by atoms with Crippen LogP contribution in [0.5, 0.6) is 0 Å². The van der Waals surface area contributed by atoms with Crippen molar-refractivity contribution in [2.24, 2.45) is 0 Å². The highest BCUT2D eigenvalue weighted by molar-refractivity contribution is 14.1. The number of carbonyl (C=O) groups is 1. The van der Waals surface area contributed by atoms with E-state index in [0.29, 0.717) is 5.02 Å². The van der Waals surface area contributed by atoms with E-state index < -0.39 is 17.3 Å². The second-order valence-electron chi connectivity index (χ2n) is 3.26. The molecule has 1 atom stereocenters. The van der Waals surface area contributed by atoms with Gasteiger partial charge in [0.15, 0.2) is 9.84 Å². The van der Waals surface area contributed by atoms with Gasteiger partial charge in [0.1, 0.15) is 0 Å². The minimum atomic E-state index is -3.55. The van der Waals surface area contributed by atoms with Gasteiger partial charge in [-0.25, -0.2) is 8.42 Å². The Morgan fingerprint density at radius 3 is 2.59 bits per heavy atom. The molecule has 0 bridgehead atoms. The molecule has 0 aromatic heterocycles. The summed E-state index contributed by atoms with van der Waals surface area (Å²) in [4.78, 5) is 12.1. The van der Waals surface area contributed by atoms with Gasteiger partial charge in [0.25, 0.3) is 0 Å². The third-order valence-electron chi connectivity index (χ3n) is 2.12. The number of alkyl halides is 2. The molecule has 0 amide bonds. The van der Waals surface area contributed by atoms with Gasteiger partial charge in [-0.1, -0.05) is 30.7 Å². The van der Waals surface area contributed by atoms with Crippen LogP contribution in [0.4, 0.5) is 0 Å². The Bertz CT molecular complexity index is 542. The summed E-state index contributed by atoms with van der Waals surface area (Å²) in [7, 11) is -3.55. The zero-order chi connectivity index (χ0) is 13.3. The van der Waals surface area contributed by atoms with Crippen LogP contribution in [-0.2, 0) is 9.84 Å². The van der Waals surface area contributed by atoms with Crippen LogP contribution in [0.2, 0.25) is 5.02 Å². The van der Waals surface area contributed by atoms with E-state index in [2.05, 4.69) is 15.9 Å². The Morgan fingerprint density at radius 1 is 1.53 bits per heavy atom. The maximum Gasteiger partial charge on any atom is 0.239 e. The zero-order valence-corrected chi connectivity index (χ0v) is 14.1. The molecular weight excluding hydrogens is 442 g/mol.